The van der Waals surface area contributed by atoms with Gasteiger partial charge in [0.1, 0.15) is 5.82 Å². The smallest absolute Gasteiger partial charge is 0.271 e. The number of likely N-dealkylation sites (N-methyl/N-ethyl adjacent to an activating group) is 1. The van der Waals surface area contributed by atoms with Gasteiger partial charge in [0.15, 0.2) is 5.69 Å². The number of hydrogen-bond donors (Lipinski definition) is 2. The van der Waals surface area contributed by atoms with Crippen molar-refractivity contribution in [2.75, 3.05) is 32.0 Å². The zero-order valence-corrected chi connectivity index (χ0v) is 12.9. The summed E-state index contributed by atoms with van der Waals surface area (Å²) >= 11 is 0. The lowest BCUT2D eigenvalue weighted by Gasteiger charge is -2.32. The largest absolute Gasteiger partial charge is 0.369 e. The molecule has 2 heterocycles. The first-order valence-electron chi connectivity index (χ1n) is 7.76. The summed E-state index contributed by atoms with van der Waals surface area (Å²) in [6.45, 7) is 4.73. The van der Waals surface area contributed by atoms with Crippen LogP contribution in [0.1, 0.15) is 43.1 Å². The zero-order chi connectivity index (χ0) is 15.1. The minimum absolute atomic E-state index is 0.150. The van der Waals surface area contributed by atoms with Crippen LogP contribution < -0.4 is 10.6 Å². The lowest BCUT2D eigenvalue weighted by Crippen LogP contribution is -2.44. The third-order valence-electron chi connectivity index (χ3n) is 3.87. The Hall–Kier alpha value is -1.69. The molecule has 0 bridgehead atoms. The summed E-state index contributed by atoms with van der Waals surface area (Å²) < 4.78 is 0. The molecule has 1 aromatic rings. The van der Waals surface area contributed by atoms with E-state index in [1.807, 2.05) is 0 Å². The number of anilines is 1. The topological polar surface area (TPSA) is 70.2 Å². The van der Waals surface area contributed by atoms with E-state index in [2.05, 4.69) is 39.7 Å². The number of piperidine rings is 1. The van der Waals surface area contributed by atoms with Gasteiger partial charge in [-0.3, -0.25) is 4.79 Å². The summed E-state index contributed by atoms with van der Waals surface area (Å²) in [7, 11) is 2.12. The summed E-state index contributed by atoms with van der Waals surface area (Å²) in [5.74, 6) is 0.559. The van der Waals surface area contributed by atoms with Crippen LogP contribution >= 0.6 is 0 Å². The van der Waals surface area contributed by atoms with Gasteiger partial charge in [-0.15, -0.1) is 10.2 Å². The SMILES string of the molecule is CCCNc1ccc(C(=O)NCC2CCCCN2C)nn1. The summed E-state index contributed by atoms with van der Waals surface area (Å²) in [5, 5.41) is 14.1. The fourth-order valence-corrected chi connectivity index (χ4v) is 2.50. The third kappa shape index (κ3) is 4.67. The minimum Gasteiger partial charge on any atom is -0.369 e. The van der Waals surface area contributed by atoms with Gasteiger partial charge in [-0.1, -0.05) is 13.3 Å². The molecule has 1 unspecified atom stereocenters. The molecule has 2 N–H and O–H groups in total. The van der Waals surface area contributed by atoms with Crippen LogP contribution in [0.25, 0.3) is 0 Å². The number of nitrogens with one attached hydrogen (secondary N) is 2. The maximum absolute atomic E-state index is 12.1. The molecule has 0 aliphatic carbocycles. The van der Waals surface area contributed by atoms with Gasteiger partial charge < -0.3 is 15.5 Å². The highest BCUT2D eigenvalue weighted by Crippen LogP contribution is 2.14. The van der Waals surface area contributed by atoms with Crippen molar-refractivity contribution in [2.45, 2.75) is 38.6 Å². The molecule has 1 aromatic heterocycles. The maximum Gasteiger partial charge on any atom is 0.271 e. The fourth-order valence-electron chi connectivity index (χ4n) is 2.50. The van der Waals surface area contributed by atoms with E-state index in [1.54, 1.807) is 12.1 Å². The molecular weight excluding hydrogens is 266 g/mol. The summed E-state index contributed by atoms with van der Waals surface area (Å²) in [5.41, 5.74) is 0.371. The molecule has 2 rings (SSSR count). The summed E-state index contributed by atoms with van der Waals surface area (Å²) in [4.78, 5) is 14.4. The normalized spacial score (nSPS) is 19.2. The second kappa shape index (κ2) is 7.93. The van der Waals surface area contributed by atoms with E-state index in [4.69, 9.17) is 0 Å². The first-order chi connectivity index (χ1) is 10.2. The average molecular weight is 291 g/mol. The zero-order valence-electron chi connectivity index (χ0n) is 12.9. The Kier molecular flexibility index (Phi) is 5.92. The van der Waals surface area contributed by atoms with E-state index in [0.717, 1.165) is 25.9 Å². The molecule has 6 heteroatoms. The second-order valence-electron chi connectivity index (χ2n) is 5.57. The van der Waals surface area contributed by atoms with E-state index in [0.29, 0.717) is 24.1 Å². The molecule has 0 saturated carbocycles. The Balaban J connectivity index is 1.82. The van der Waals surface area contributed by atoms with Crippen LogP contribution in [0.2, 0.25) is 0 Å². The van der Waals surface area contributed by atoms with Crippen LogP contribution in [-0.4, -0.2) is 53.7 Å². The molecule has 0 radical (unpaired) electrons. The van der Waals surface area contributed by atoms with Crippen molar-refractivity contribution in [2.24, 2.45) is 0 Å². The first-order valence-corrected chi connectivity index (χ1v) is 7.76. The van der Waals surface area contributed by atoms with Gasteiger partial charge in [-0.25, -0.2) is 0 Å². The molecule has 116 valence electrons. The van der Waals surface area contributed by atoms with Crippen molar-refractivity contribution in [1.82, 2.24) is 20.4 Å². The van der Waals surface area contributed by atoms with Gasteiger partial charge in [-0.2, -0.15) is 0 Å². The predicted molar refractivity (Wildman–Crippen MR) is 83.4 cm³/mol. The van der Waals surface area contributed by atoms with Gasteiger partial charge in [0, 0.05) is 19.1 Å². The summed E-state index contributed by atoms with van der Waals surface area (Å²) in [6, 6.07) is 3.94. The Labute approximate surface area is 126 Å². The molecule has 1 atom stereocenters. The predicted octanol–water partition coefficient (Wildman–Crippen LogP) is 1.51. The molecule has 21 heavy (non-hydrogen) atoms. The van der Waals surface area contributed by atoms with Crippen LogP contribution in [0.4, 0.5) is 5.82 Å². The number of hydrogen-bond acceptors (Lipinski definition) is 5. The molecule has 1 amide bonds. The van der Waals surface area contributed by atoms with Crippen molar-refractivity contribution in [1.29, 1.82) is 0 Å². The number of likely N-dealkylation sites (tertiary alicyclic amines) is 1. The van der Waals surface area contributed by atoms with Crippen molar-refractivity contribution < 1.29 is 4.79 Å². The van der Waals surface area contributed by atoms with E-state index in [9.17, 15) is 4.79 Å². The molecule has 1 fully saturated rings. The number of aromatic nitrogens is 2. The Morgan fingerprint density at radius 3 is 2.90 bits per heavy atom. The highest BCUT2D eigenvalue weighted by Gasteiger charge is 2.19. The van der Waals surface area contributed by atoms with Crippen LogP contribution in [0.3, 0.4) is 0 Å². The quantitative estimate of drug-likeness (QED) is 0.831. The Morgan fingerprint density at radius 1 is 1.38 bits per heavy atom. The first kappa shape index (κ1) is 15.7. The van der Waals surface area contributed by atoms with E-state index in [-0.39, 0.29) is 5.91 Å². The maximum atomic E-state index is 12.1. The molecule has 1 saturated heterocycles. The van der Waals surface area contributed by atoms with Crippen LogP contribution in [-0.2, 0) is 0 Å². The van der Waals surface area contributed by atoms with E-state index >= 15 is 0 Å². The number of carbonyl (C=O) groups excluding carboxylic acids is 1. The van der Waals surface area contributed by atoms with Crippen LogP contribution in [0, 0.1) is 0 Å². The fraction of sp³-hybridized carbons (Fsp3) is 0.667. The van der Waals surface area contributed by atoms with Crippen LogP contribution in [0.5, 0.6) is 0 Å². The lowest BCUT2D eigenvalue weighted by molar-refractivity contribution is 0.0922. The Bertz CT molecular complexity index is 448. The van der Waals surface area contributed by atoms with Gasteiger partial charge >= 0.3 is 0 Å². The summed E-state index contributed by atoms with van der Waals surface area (Å²) in [6.07, 6.45) is 4.66. The van der Waals surface area contributed by atoms with Gasteiger partial charge in [0.05, 0.1) is 0 Å². The average Bonchev–Trinajstić information content (AvgIpc) is 2.52. The van der Waals surface area contributed by atoms with E-state index < -0.39 is 0 Å². The standard InChI is InChI=1S/C15H25N5O/c1-3-9-16-14-8-7-13(18-19-14)15(21)17-11-12-6-4-5-10-20(12)2/h7-8,12H,3-6,9-11H2,1-2H3,(H,16,19)(H,17,21). The van der Waals surface area contributed by atoms with Crippen LogP contribution in [0.15, 0.2) is 12.1 Å². The second-order valence-corrected chi connectivity index (χ2v) is 5.57. The van der Waals surface area contributed by atoms with Gasteiger partial charge in [0.25, 0.3) is 5.91 Å². The molecular formula is C15H25N5O. The van der Waals surface area contributed by atoms with E-state index in [1.165, 1.54) is 12.8 Å². The highest BCUT2D eigenvalue weighted by atomic mass is 16.1. The molecule has 0 aromatic carbocycles. The number of rotatable bonds is 6. The number of carbonyl (C=O) groups is 1. The molecule has 6 nitrogen and oxygen atoms in total. The Morgan fingerprint density at radius 2 is 2.24 bits per heavy atom. The monoisotopic (exact) mass is 291 g/mol. The van der Waals surface area contributed by atoms with Crippen molar-refractivity contribution >= 4 is 11.7 Å². The molecule has 1 aliphatic heterocycles. The van der Waals surface area contributed by atoms with Gasteiger partial charge in [-0.05, 0) is 45.0 Å². The van der Waals surface area contributed by atoms with Crippen molar-refractivity contribution in [3.8, 4) is 0 Å². The number of nitrogens with zero attached hydrogens (tertiary/aromatic N) is 3. The molecule has 0 spiro atoms. The highest BCUT2D eigenvalue weighted by molar-refractivity contribution is 5.92. The lowest BCUT2D eigenvalue weighted by atomic mass is 10.0. The van der Waals surface area contributed by atoms with Crippen molar-refractivity contribution in [3.05, 3.63) is 17.8 Å². The number of amides is 1. The van der Waals surface area contributed by atoms with Crippen molar-refractivity contribution in [3.63, 3.8) is 0 Å². The molecule has 1 aliphatic rings. The third-order valence-corrected chi connectivity index (χ3v) is 3.87. The minimum atomic E-state index is -0.150. The van der Waals surface area contributed by atoms with Gasteiger partial charge in [0.2, 0.25) is 0 Å².